The van der Waals surface area contributed by atoms with Gasteiger partial charge in [0.15, 0.2) is 10.9 Å². The van der Waals surface area contributed by atoms with Gasteiger partial charge in [0.25, 0.3) is 5.91 Å². The molecule has 1 aromatic rings. The second kappa shape index (κ2) is 4.98. The summed E-state index contributed by atoms with van der Waals surface area (Å²) in [5.74, 6) is 0.239. The molecule has 19 heavy (non-hydrogen) atoms. The Hall–Kier alpha value is -1.33. The fraction of sp³-hybridized carbons (Fsp3) is 0.538. The zero-order chi connectivity index (χ0) is 13.4. The Balaban J connectivity index is 1.69. The Morgan fingerprint density at radius 2 is 2.16 bits per heavy atom. The van der Waals surface area contributed by atoms with Crippen LogP contribution in [0.5, 0.6) is 5.75 Å². The third kappa shape index (κ3) is 2.53. The van der Waals surface area contributed by atoms with Crippen molar-refractivity contribution in [2.24, 2.45) is 5.92 Å². The van der Waals surface area contributed by atoms with Crippen LogP contribution in [0.1, 0.15) is 23.3 Å². The molecule has 0 aliphatic carbocycles. The molecule has 6 heteroatoms. The summed E-state index contributed by atoms with van der Waals surface area (Å²) in [4.78, 5) is 18.4. The first-order valence-corrected chi connectivity index (χ1v) is 6.90. The molecule has 3 saturated heterocycles. The molecule has 4 heterocycles. The minimum absolute atomic E-state index is 0.0402. The van der Waals surface area contributed by atoms with E-state index in [1.54, 1.807) is 0 Å². The van der Waals surface area contributed by atoms with Crippen molar-refractivity contribution >= 4 is 17.5 Å². The molecule has 3 aliphatic heterocycles. The molecule has 5 nitrogen and oxygen atoms in total. The number of hydrogen-bond acceptors (Lipinski definition) is 4. The molecule has 2 bridgehead atoms. The van der Waals surface area contributed by atoms with Gasteiger partial charge in [0.2, 0.25) is 0 Å². The number of nitrogens with zero attached hydrogens (tertiary/aromatic N) is 2. The molecule has 0 saturated carbocycles. The smallest absolute Gasteiger partial charge is 0.270 e. The molecule has 0 radical (unpaired) electrons. The Labute approximate surface area is 116 Å². The number of rotatable bonds is 2. The normalized spacial score (nSPS) is 29.2. The Morgan fingerprint density at radius 3 is 2.74 bits per heavy atom. The highest BCUT2D eigenvalue weighted by molar-refractivity contribution is 6.30. The molecule has 3 aliphatic rings. The second-order valence-corrected chi connectivity index (χ2v) is 5.58. The lowest BCUT2D eigenvalue weighted by Gasteiger charge is -2.44. The third-order valence-corrected chi connectivity index (χ3v) is 4.31. The molecule has 1 atom stereocenters. The van der Waals surface area contributed by atoms with Gasteiger partial charge < -0.3 is 15.3 Å². The number of fused-ring (bicyclic) bond motifs is 3. The average molecular weight is 282 g/mol. The van der Waals surface area contributed by atoms with Crippen molar-refractivity contribution in [2.75, 3.05) is 19.6 Å². The van der Waals surface area contributed by atoms with Gasteiger partial charge in [0, 0.05) is 12.6 Å². The van der Waals surface area contributed by atoms with E-state index in [1.165, 1.54) is 12.1 Å². The highest BCUT2D eigenvalue weighted by Crippen LogP contribution is 2.27. The quantitative estimate of drug-likeness (QED) is 0.801. The number of amides is 1. The zero-order valence-electron chi connectivity index (χ0n) is 10.5. The molecule has 0 unspecified atom stereocenters. The lowest BCUT2D eigenvalue weighted by molar-refractivity contribution is 0.0618. The minimum Gasteiger partial charge on any atom is -0.505 e. The number of hydrogen-bond donors (Lipinski definition) is 2. The van der Waals surface area contributed by atoms with E-state index < -0.39 is 0 Å². The number of carbonyl (C=O) groups excluding carboxylic acids is 1. The van der Waals surface area contributed by atoms with Crippen molar-refractivity contribution in [1.82, 2.24) is 15.2 Å². The zero-order valence-corrected chi connectivity index (χ0v) is 11.2. The number of aromatic nitrogens is 1. The van der Waals surface area contributed by atoms with Crippen LogP contribution in [0.3, 0.4) is 0 Å². The molecular formula is C13H16ClN3O2. The molecule has 1 aromatic heterocycles. The van der Waals surface area contributed by atoms with E-state index in [0.717, 1.165) is 32.5 Å². The summed E-state index contributed by atoms with van der Waals surface area (Å²) in [6.07, 6.45) is 2.30. The van der Waals surface area contributed by atoms with Gasteiger partial charge in [0.1, 0.15) is 5.69 Å². The van der Waals surface area contributed by atoms with E-state index >= 15 is 0 Å². The first-order valence-electron chi connectivity index (χ1n) is 6.52. The standard InChI is InChI=1S/C13H16ClN3O2/c14-12-11(18)2-1-9(15-12)13(19)16-10-7-17-5-3-8(10)4-6-17/h1-2,8,10,18H,3-7H2,(H,16,19)/t10-/m0/s1. The number of pyridine rings is 1. The maximum Gasteiger partial charge on any atom is 0.270 e. The molecule has 2 N–H and O–H groups in total. The van der Waals surface area contributed by atoms with Gasteiger partial charge in [-0.1, -0.05) is 11.6 Å². The molecule has 102 valence electrons. The van der Waals surface area contributed by atoms with Crippen molar-refractivity contribution in [3.63, 3.8) is 0 Å². The molecule has 1 amide bonds. The largest absolute Gasteiger partial charge is 0.505 e. The topological polar surface area (TPSA) is 65.5 Å². The predicted molar refractivity (Wildman–Crippen MR) is 71.3 cm³/mol. The SMILES string of the molecule is O=C(N[C@H]1CN2CCC1CC2)c1ccc(O)c(Cl)n1. The van der Waals surface area contributed by atoms with Gasteiger partial charge in [-0.25, -0.2) is 4.98 Å². The van der Waals surface area contributed by atoms with E-state index in [1.807, 2.05) is 0 Å². The summed E-state index contributed by atoms with van der Waals surface area (Å²) in [5.41, 5.74) is 0.249. The fourth-order valence-electron chi connectivity index (χ4n) is 2.92. The van der Waals surface area contributed by atoms with Gasteiger partial charge in [-0.05, 0) is 44.0 Å². The summed E-state index contributed by atoms with van der Waals surface area (Å²) < 4.78 is 0. The average Bonchev–Trinajstić information content (AvgIpc) is 2.43. The third-order valence-electron chi connectivity index (χ3n) is 4.03. The van der Waals surface area contributed by atoms with Crippen LogP contribution < -0.4 is 5.32 Å². The van der Waals surface area contributed by atoms with Gasteiger partial charge in [-0.2, -0.15) is 0 Å². The van der Waals surface area contributed by atoms with E-state index in [4.69, 9.17) is 11.6 Å². The monoisotopic (exact) mass is 281 g/mol. The van der Waals surface area contributed by atoms with Crippen molar-refractivity contribution in [3.8, 4) is 5.75 Å². The van der Waals surface area contributed by atoms with Gasteiger partial charge in [0.05, 0.1) is 0 Å². The van der Waals surface area contributed by atoms with Gasteiger partial charge in [-0.15, -0.1) is 0 Å². The summed E-state index contributed by atoms with van der Waals surface area (Å²) in [6.45, 7) is 3.20. The first kappa shape index (κ1) is 12.7. The number of nitrogens with one attached hydrogen (secondary N) is 1. The highest BCUT2D eigenvalue weighted by Gasteiger charge is 2.35. The number of halogens is 1. The Morgan fingerprint density at radius 1 is 1.42 bits per heavy atom. The Bertz CT molecular complexity index is 501. The van der Waals surface area contributed by atoms with Crippen LogP contribution in [0.15, 0.2) is 12.1 Å². The first-order chi connectivity index (χ1) is 9.13. The summed E-state index contributed by atoms with van der Waals surface area (Å²) in [7, 11) is 0. The fourth-order valence-corrected chi connectivity index (χ4v) is 3.08. The van der Waals surface area contributed by atoms with E-state index in [0.29, 0.717) is 5.92 Å². The highest BCUT2D eigenvalue weighted by atomic mass is 35.5. The van der Waals surface area contributed by atoms with E-state index in [9.17, 15) is 9.90 Å². The van der Waals surface area contributed by atoms with Crippen molar-refractivity contribution in [3.05, 3.63) is 23.0 Å². The van der Waals surface area contributed by atoms with Crippen molar-refractivity contribution in [2.45, 2.75) is 18.9 Å². The van der Waals surface area contributed by atoms with Crippen LogP contribution >= 0.6 is 11.6 Å². The molecule has 0 aromatic carbocycles. The molecule has 3 fully saturated rings. The molecule has 4 rings (SSSR count). The van der Waals surface area contributed by atoms with Crippen LogP contribution in [-0.4, -0.2) is 46.6 Å². The van der Waals surface area contributed by atoms with Crippen LogP contribution in [0.2, 0.25) is 5.15 Å². The summed E-state index contributed by atoms with van der Waals surface area (Å²) >= 11 is 5.71. The van der Waals surface area contributed by atoms with Gasteiger partial charge >= 0.3 is 0 Å². The second-order valence-electron chi connectivity index (χ2n) is 5.22. The summed E-state index contributed by atoms with van der Waals surface area (Å²) in [5, 5.41) is 12.3. The van der Waals surface area contributed by atoms with Crippen molar-refractivity contribution < 1.29 is 9.90 Å². The Kier molecular flexibility index (Phi) is 3.33. The van der Waals surface area contributed by atoms with Crippen LogP contribution in [0, 0.1) is 5.92 Å². The number of piperidine rings is 3. The van der Waals surface area contributed by atoms with E-state index in [-0.39, 0.29) is 28.5 Å². The van der Waals surface area contributed by atoms with Gasteiger partial charge in [-0.3, -0.25) is 4.79 Å². The minimum atomic E-state index is -0.222. The summed E-state index contributed by atoms with van der Waals surface area (Å²) in [6, 6.07) is 3.07. The maximum atomic E-state index is 12.1. The van der Waals surface area contributed by atoms with Crippen LogP contribution in [-0.2, 0) is 0 Å². The van der Waals surface area contributed by atoms with Crippen LogP contribution in [0.4, 0.5) is 0 Å². The van der Waals surface area contributed by atoms with Crippen LogP contribution in [0.25, 0.3) is 0 Å². The van der Waals surface area contributed by atoms with E-state index in [2.05, 4.69) is 15.2 Å². The number of aromatic hydroxyl groups is 1. The molecular weight excluding hydrogens is 266 g/mol. The molecule has 0 spiro atoms. The lowest BCUT2D eigenvalue weighted by atomic mass is 9.84. The maximum absolute atomic E-state index is 12.1. The van der Waals surface area contributed by atoms with Crippen molar-refractivity contribution in [1.29, 1.82) is 0 Å². The number of carbonyl (C=O) groups is 1. The predicted octanol–water partition coefficient (Wildman–Crippen LogP) is 1.26. The lowest BCUT2D eigenvalue weighted by Crippen LogP contribution is -2.57.